The number of carbonyl (C=O) groups is 1. The molecule has 0 aliphatic carbocycles. The second kappa shape index (κ2) is 9.26. The summed E-state index contributed by atoms with van der Waals surface area (Å²) in [6.07, 6.45) is 5.06. The van der Waals surface area contributed by atoms with Crippen LogP contribution >= 0.6 is 24.0 Å². The van der Waals surface area contributed by atoms with Gasteiger partial charge in [-0.1, -0.05) is 11.6 Å². The van der Waals surface area contributed by atoms with Gasteiger partial charge in [-0.15, -0.1) is 12.4 Å². The number of hydrogen-bond donors (Lipinski definition) is 1. The Morgan fingerprint density at radius 1 is 1.35 bits per heavy atom. The maximum atomic E-state index is 13.2. The van der Waals surface area contributed by atoms with Crippen LogP contribution in [-0.4, -0.2) is 53.9 Å². The zero-order valence-electron chi connectivity index (χ0n) is 14.7. The second-order valence-electron chi connectivity index (χ2n) is 6.26. The summed E-state index contributed by atoms with van der Waals surface area (Å²) in [5, 5.41) is 8.34. The van der Waals surface area contributed by atoms with Gasteiger partial charge in [0.15, 0.2) is 0 Å². The molecular formula is C18H24Cl2N4O2. The number of piperidine rings is 1. The van der Waals surface area contributed by atoms with E-state index in [2.05, 4.69) is 10.4 Å². The first-order valence-corrected chi connectivity index (χ1v) is 8.84. The van der Waals surface area contributed by atoms with Crippen LogP contribution in [0, 0.1) is 0 Å². The molecule has 1 aliphatic rings. The Labute approximate surface area is 164 Å². The maximum Gasteiger partial charge on any atom is 0.250 e. The minimum absolute atomic E-state index is 0. The minimum Gasteiger partial charge on any atom is -0.492 e. The highest BCUT2D eigenvalue weighted by Crippen LogP contribution is 2.29. The molecule has 0 spiro atoms. The Kier molecular flexibility index (Phi) is 7.32. The van der Waals surface area contributed by atoms with Crippen molar-refractivity contribution in [1.29, 1.82) is 0 Å². The predicted molar refractivity (Wildman–Crippen MR) is 104 cm³/mol. The third kappa shape index (κ3) is 4.50. The van der Waals surface area contributed by atoms with E-state index in [9.17, 15) is 4.79 Å². The van der Waals surface area contributed by atoms with Gasteiger partial charge in [-0.25, -0.2) is 0 Å². The molecule has 1 aliphatic heterocycles. The van der Waals surface area contributed by atoms with Gasteiger partial charge in [0, 0.05) is 24.5 Å². The van der Waals surface area contributed by atoms with E-state index in [1.54, 1.807) is 23.2 Å². The molecule has 2 heterocycles. The maximum absolute atomic E-state index is 13.2. The van der Waals surface area contributed by atoms with E-state index >= 15 is 0 Å². The van der Waals surface area contributed by atoms with Crippen molar-refractivity contribution in [2.75, 3.05) is 33.3 Å². The number of likely N-dealkylation sites (N-methyl/N-ethyl adjacent to an activating group) is 1. The van der Waals surface area contributed by atoms with Crippen LogP contribution < -0.4 is 10.1 Å². The van der Waals surface area contributed by atoms with Gasteiger partial charge < -0.3 is 15.0 Å². The van der Waals surface area contributed by atoms with Gasteiger partial charge in [0.25, 0.3) is 5.91 Å². The third-order valence-electron chi connectivity index (χ3n) is 4.63. The zero-order chi connectivity index (χ0) is 17.7. The Morgan fingerprint density at radius 3 is 2.65 bits per heavy atom. The molecule has 1 aromatic carbocycles. The quantitative estimate of drug-likeness (QED) is 0.811. The normalized spacial score (nSPS) is 15.8. The Bertz CT molecular complexity index is 686. The van der Waals surface area contributed by atoms with Crippen molar-refractivity contribution in [3.8, 4) is 5.75 Å². The molecule has 0 bridgehead atoms. The minimum atomic E-state index is -0.607. The number of nitrogens with one attached hydrogen (secondary N) is 1. The fraction of sp³-hybridized carbons (Fsp3) is 0.444. The van der Waals surface area contributed by atoms with Crippen molar-refractivity contribution in [3.05, 3.63) is 47.7 Å². The van der Waals surface area contributed by atoms with E-state index < -0.39 is 5.54 Å². The third-order valence-corrected chi connectivity index (χ3v) is 4.88. The lowest BCUT2D eigenvalue weighted by Gasteiger charge is -2.39. The van der Waals surface area contributed by atoms with E-state index in [0.717, 1.165) is 31.7 Å². The predicted octanol–water partition coefficient (Wildman–Crippen LogP) is 2.57. The largest absolute Gasteiger partial charge is 0.492 e. The summed E-state index contributed by atoms with van der Waals surface area (Å²) in [6, 6.07) is 9.08. The van der Waals surface area contributed by atoms with Crippen molar-refractivity contribution in [1.82, 2.24) is 20.0 Å². The van der Waals surface area contributed by atoms with Gasteiger partial charge in [0.1, 0.15) is 17.9 Å². The number of hydrogen-bond acceptors (Lipinski definition) is 4. The molecule has 0 radical (unpaired) electrons. The lowest BCUT2D eigenvalue weighted by Crippen LogP contribution is -2.55. The highest BCUT2D eigenvalue weighted by Gasteiger charge is 2.43. The fourth-order valence-corrected chi connectivity index (χ4v) is 3.32. The Hall–Kier alpha value is -1.76. The zero-order valence-corrected chi connectivity index (χ0v) is 16.3. The lowest BCUT2D eigenvalue weighted by atomic mass is 9.87. The molecular weight excluding hydrogens is 375 g/mol. The van der Waals surface area contributed by atoms with E-state index in [1.165, 1.54) is 0 Å². The van der Waals surface area contributed by atoms with Crippen LogP contribution in [0.4, 0.5) is 0 Å². The average molecular weight is 399 g/mol. The summed E-state index contributed by atoms with van der Waals surface area (Å²) in [6.45, 7) is 2.55. The fourth-order valence-electron chi connectivity index (χ4n) is 3.19. The van der Waals surface area contributed by atoms with Crippen LogP contribution in [0.2, 0.25) is 5.02 Å². The molecule has 1 saturated heterocycles. The number of rotatable bonds is 6. The van der Waals surface area contributed by atoms with Gasteiger partial charge in [-0.3, -0.25) is 9.48 Å². The second-order valence-corrected chi connectivity index (χ2v) is 6.70. The van der Waals surface area contributed by atoms with E-state index in [0.29, 0.717) is 18.2 Å². The molecule has 0 unspecified atom stereocenters. The highest BCUT2D eigenvalue weighted by atomic mass is 35.5. The highest BCUT2D eigenvalue weighted by molar-refractivity contribution is 6.30. The summed E-state index contributed by atoms with van der Waals surface area (Å²) in [4.78, 5) is 14.9. The van der Waals surface area contributed by atoms with Crippen molar-refractivity contribution in [2.24, 2.45) is 0 Å². The van der Waals surface area contributed by atoms with E-state index in [1.807, 2.05) is 36.1 Å². The molecule has 8 heteroatoms. The van der Waals surface area contributed by atoms with Crippen molar-refractivity contribution < 1.29 is 9.53 Å². The number of halogens is 2. The number of amides is 1. The summed E-state index contributed by atoms with van der Waals surface area (Å²) in [5.41, 5.74) is -0.607. The molecule has 0 saturated carbocycles. The molecule has 3 rings (SSSR count). The Balaban J connectivity index is 0.00000243. The van der Waals surface area contributed by atoms with Crippen molar-refractivity contribution in [2.45, 2.75) is 18.4 Å². The molecule has 1 aromatic heterocycles. The van der Waals surface area contributed by atoms with Crippen LogP contribution in [0.1, 0.15) is 12.8 Å². The molecule has 142 valence electrons. The number of ether oxygens (including phenoxy) is 1. The van der Waals surface area contributed by atoms with Crippen molar-refractivity contribution in [3.63, 3.8) is 0 Å². The molecule has 1 amide bonds. The van der Waals surface area contributed by atoms with Gasteiger partial charge in [0.05, 0.1) is 6.54 Å². The van der Waals surface area contributed by atoms with E-state index in [4.69, 9.17) is 16.3 Å². The molecule has 6 nitrogen and oxygen atoms in total. The molecule has 1 N–H and O–H groups in total. The van der Waals surface area contributed by atoms with Crippen LogP contribution in [0.25, 0.3) is 0 Å². The summed E-state index contributed by atoms with van der Waals surface area (Å²) >= 11 is 5.87. The van der Waals surface area contributed by atoms with Crippen LogP contribution in [0.3, 0.4) is 0 Å². The number of aromatic nitrogens is 2. The average Bonchev–Trinajstić information content (AvgIpc) is 3.18. The first-order valence-electron chi connectivity index (χ1n) is 8.47. The van der Waals surface area contributed by atoms with Crippen LogP contribution in [-0.2, 0) is 10.3 Å². The molecule has 2 aromatic rings. The molecule has 1 fully saturated rings. The van der Waals surface area contributed by atoms with Crippen LogP contribution in [0.15, 0.2) is 42.7 Å². The van der Waals surface area contributed by atoms with Crippen molar-refractivity contribution >= 4 is 29.9 Å². The first kappa shape index (κ1) is 20.6. The van der Waals surface area contributed by atoms with Gasteiger partial charge in [0.2, 0.25) is 0 Å². The monoisotopic (exact) mass is 398 g/mol. The molecule has 26 heavy (non-hydrogen) atoms. The lowest BCUT2D eigenvalue weighted by molar-refractivity contribution is -0.142. The molecule has 0 atom stereocenters. The van der Waals surface area contributed by atoms with Crippen LogP contribution in [0.5, 0.6) is 5.75 Å². The summed E-state index contributed by atoms with van der Waals surface area (Å²) in [7, 11) is 1.82. The van der Waals surface area contributed by atoms with E-state index in [-0.39, 0.29) is 18.3 Å². The SMILES string of the molecule is CN(CCOc1ccc(Cl)cc1)C(=O)C1(n2cccn2)CCNCC1.Cl. The number of carbonyl (C=O) groups excluding carboxylic acids is 1. The smallest absolute Gasteiger partial charge is 0.250 e. The summed E-state index contributed by atoms with van der Waals surface area (Å²) in [5.74, 6) is 0.825. The Morgan fingerprint density at radius 2 is 2.04 bits per heavy atom. The standard InChI is InChI=1S/C18H23ClN4O2.ClH/c1-22(13-14-25-16-5-3-15(19)4-6-16)17(24)18(7-10-20-11-8-18)23-12-2-9-21-23;/h2-6,9,12,20H,7-8,10-11,13-14H2,1H3;1H. The first-order chi connectivity index (χ1) is 12.1. The topological polar surface area (TPSA) is 59.4 Å². The van der Waals surface area contributed by atoms with Gasteiger partial charge in [-0.2, -0.15) is 5.10 Å². The summed E-state index contributed by atoms with van der Waals surface area (Å²) < 4.78 is 7.52. The number of nitrogens with zero attached hydrogens (tertiary/aromatic N) is 3. The van der Waals surface area contributed by atoms with Gasteiger partial charge in [-0.05, 0) is 56.3 Å². The number of benzene rings is 1. The van der Waals surface area contributed by atoms with Gasteiger partial charge >= 0.3 is 0 Å².